The van der Waals surface area contributed by atoms with Crippen LogP contribution in [0.5, 0.6) is 0 Å². The molecule has 90 valence electrons. The van der Waals surface area contributed by atoms with Crippen LogP contribution in [0.3, 0.4) is 0 Å². The highest BCUT2D eigenvalue weighted by Crippen LogP contribution is 2.17. The number of aryl methyl sites for hydroxylation is 1. The fraction of sp³-hybridized carbons (Fsp3) is 0.0909. The topological polar surface area (TPSA) is 99.3 Å². The van der Waals surface area contributed by atoms with Gasteiger partial charge in [-0.2, -0.15) is 15.4 Å². The number of hydrogen-bond donors (Lipinski definition) is 3. The van der Waals surface area contributed by atoms with E-state index in [1.54, 1.807) is 6.07 Å². The van der Waals surface area contributed by atoms with Crippen molar-refractivity contribution in [1.82, 2.24) is 25.4 Å². The summed E-state index contributed by atoms with van der Waals surface area (Å²) in [6.45, 7) is 1.88. The first-order valence-electron chi connectivity index (χ1n) is 5.36. The third-order valence-electron chi connectivity index (χ3n) is 2.51. The normalized spacial score (nSPS) is 10.7. The van der Waals surface area contributed by atoms with E-state index >= 15 is 0 Å². The van der Waals surface area contributed by atoms with E-state index in [9.17, 15) is 4.79 Å². The molecule has 0 saturated carbocycles. The average molecular weight is 242 g/mol. The van der Waals surface area contributed by atoms with Gasteiger partial charge in [0.1, 0.15) is 5.82 Å². The summed E-state index contributed by atoms with van der Waals surface area (Å²) in [7, 11) is 0. The van der Waals surface area contributed by atoms with Crippen molar-refractivity contribution in [2.75, 3.05) is 5.32 Å². The Bertz CT molecular complexity index is 699. The van der Waals surface area contributed by atoms with Crippen molar-refractivity contribution in [2.45, 2.75) is 6.92 Å². The first kappa shape index (κ1) is 10.5. The van der Waals surface area contributed by atoms with Crippen molar-refractivity contribution in [3.63, 3.8) is 0 Å². The number of benzene rings is 1. The lowest BCUT2D eigenvalue weighted by Crippen LogP contribution is -2.12. The predicted molar refractivity (Wildman–Crippen MR) is 65.2 cm³/mol. The quantitative estimate of drug-likeness (QED) is 0.629. The van der Waals surface area contributed by atoms with E-state index in [4.69, 9.17) is 0 Å². The molecule has 7 heteroatoms. The Morgan fingerprint density at radius 2 is 2.28 bits per heavy atom. The number of carbonyl (C=O) groups is 1. The number of anilines is 1. The fourth-order valence-electron chi connectivity index (χ4n) is 1.72. The maximum Gasteiger partial charge on any atom is 0.277 e. The molecular weight excluding hydrogens is 232 g/mol. The highest BCUT2D eigenvalue weighted by molar-refractivity contribution is 6.03. The van der Waals surface area contributed by atoms with E-state index in [1.165, 1.54) is 6.20 Å². The standard InChI is InChI=1S/C11H10N6O/c1-6-13-8-3-2-7(4-9(8)14-6)15-11(18)10-5-12-17-16-10/h2-5H,1H3,(H,13,14)(H,15,18)(H,12,16,17). The molecule has 0 aliphatic rings. The van der Waals surface area contributed by atoms with Gasteiger partial charge < -0.3 is 10.3 Å². The molecular formula is C11H10N6O. The zero-order valence-corrected chi connectivity index (χ0v) is 9.56. The van der Waals surface area contributed by atoms with Gasteiger partial charge in [0.15, 0.2) is 5.69 Å². The number of aromatic amines is 2. The van der Waals surface area contributed by atoms with Crippen molar-refractivity contribution in [2.24, 2.45) is 0 Å². The second kappa shape index (κ2) is 3.95. The van der Waals surface area contributed by atoms with Gasteiger partial charge in [-0.25, -0.2) is 4.98 Å². The van der Waals surface area contributed by atoms with E-state index in [0.717, 1.165) is 16.9 Å². The molecule has 0 saturated heterocycles. The van der Waals surface area contributed by atoms with Crippen LogP contribution in [0.15, 0.2) is 24.4 Å². The van der Waals surface area contributed by atoms with Crippen molar-refractivity contribution in [3.05, 3.63) is 35.9 Å². The van der Waals surface area contributed by atoms with Crippen LogP contribution in [0, 0.1) is 6.92 Å². The molecule has 0 radical (unpaired) electrons. The van der Waals surface area contributed by atoms with Gasteiger partial charge in [0.05, 0.1) is 17.2 Å². The Hall–Kier alpha value is -2.70. The first-order chi connectivity index (χ1) is 8.72. The van der Waals surface area contributed by atoms with Gasteiger partial charge in [0.25, 0.3) is 5.91 Å². The Labute approximate surface area is 102 Å². The maximum absolute atomic E-state index is 11.8. The molecule has 7 nitrogen and oxygen atoms in total. The predicted octanol–water partition coefficient (Wildman–Crippen LogP) is 1.24. The number of amides is 1. The molecule has 2 aromatic heterocycles. The Kier molecular flexibility index (Phi) is 2.30. The number of nitrogens with one attached hydrogen (secondary N) is 3. The number of H-pyrrole nitrogens is 2. The number of fused-ring (bicyclic) bond motifs is 1. The summed E-state index contributed by atoms with van der Waals surface area (Å²) in [6.07, 6.45) is 1.37. The third-order valence-corrected chi connectivity index (χ3v) is 2.51. The van der Waals surface area contributed by atoms with Crippen LogP contribution in [-0.2, 0) is 0 Å². The molecule has 0 spiro atoms. The average Bonchev–Trinajstić information content (AvgIpc) is 2.95. The number of nitrogens with zero attached hydrogens (tertiary/aromatic N) is 3. The summed E-state index contributed by atoms with van der Waals surface area (Å²) in [5, 5.41) is 12.4. The smallest absolute Gasteiger partial charge is 0.277 e. The summed E-state index contributed by atoms with van der Waals surface area (Å²) in [5.74, 6) is 0.532. The van der Waals surface area contributed by atoms with Crippen LogP contribution < -0.4 is 5.32 Å². The molecule has 2 heterocycles. The molecule has 3 aromatic rings. The SMILES string of the molecule is Cc1nc2ccc(NC(=O)c3cn[nH]n3)cc2[nH]1. The molecule has 0 atom stereocenters. The van der Waals surface area contributed by atoms with Gasteiger partial charge in [0, 0.05) is 5.69 Å². The molecule has 3 N–H and O–H groups in total. The van der Waals surface area contributed by atoms with Crippen molar-refractivity contribution >= 4 is 22.6 Å². The maximum atomic E-state index is 11.8. The summed E-state index contributed by atoms with van der Waals surface area (Å²) >= 11 is 0. The zero-order valence-electron chi connectivity index (χ0n) is 9.56. The minimum Gasteiger partial charge on any atom is -0.342 e. The van der Waals surface area contributed by atoms with Crippen LogP contribution in [0.25, 0.3) is 11.0 Å². The largest absolute Gasteiger partial charge is 0.342 e. The summed E-state index contributed by atoms with van der Waals surface area (Å²) in [5.41, 5.74) is 2.67. The van der Waals surface area contributed by atoms with Crippen LogP contribution in [0.4, 0.5) is 5.69 Å². The van der Waals surface area contributed by atoms with Crippen LogP contribution in [0.1, 0.15) is 16.3 Å². The Morgan fingerprint density at radius 1 is 1.39 bits per heavy atom. The highest BCUT2D eigenvalue weighted by atomic mass is 16.2. The minimum absolute atomic E-state index is 0.246. The van der Waals surface area contributed by atoms with Crippen LogP contribution in [0.2, 0.25) is 0 Å². The monoisotopic (exact) mass is 242 g/mol. The molecule has 0 unspecified atom stereocenters. The number of hydrogen-bond acceptors (Lipinski definition) is 4. The van der Waals surface area contributed by atoms with Crippen LogP contribution in [-0.4, -0.2) is 31.3 Å². The molecule has 0 bridgehead atoms. The van der Waals surface area contributed by atoms with Crippen molar-refractivity contribution in [3.8, 4) is 0 Å². The second-order valence-electron chi connectivity index (χ2n) is 3.86. The third kappa shape index (κ3) is 1.81. The molecule has 0 fully saturated rings. The summed E-state index contributed by atoms with van der Waals surface area (Å²) in [4.78, 5) is 19.2. The van der Waals surface area contributed by atoms with Crippen molar-refractivity contribution in [1.29, 1.82) is 0 Å². The fourth-order valence-corrected chi connectivity index (χ4v) is 1.72. The van der Waals surface area contributed by atoms with E-state index in [0.29, 0.717) is 5.69 Å². The molecule has 1 amide bonds. The lowest BCUT2D eigenvalue weighted by atomic mass is 10.2. The van der Waals surface area contributed by atoms with Crippen molar-refractivity contribution < 1.29 is 4.79 Å². The van der Waals surface area contributed by atoms with E-state index in [2.05, 4.69) is 30.7 Å². The lowest BCUT2D eigenvalue weighted by Gasteiger charge is -2.02. The molecule has 1 aromatic carbocycles. The van der Waals surface area contributed by atoms with E-state index < -0.39 is 0 Å². The van der Waals surface area contributed by atoms with Crippen LogP contribution >= 0.6 is 0 Å². The Balaban J connectivity index is 1.88. The molecule has 0 aliphatic carbocycles. The summed E-state index contributed by atoms with van der Waals surface area (Å²) < 4.78 is 0. The Morgan fingerprint density at radius 3 is 3.06 bits per heavy atom. The van der Waals surface area contributed by atoms with E-state index in [1.807, 2.05) is 19.1 Å². The molecule has 18 heavy (non-hydrogen) atoms. The minimum atomic E-state index is -0.306. The lowest BCUT2D eigenvalue weighted by molar-refractivity contribution is 0.102. The van der Waals surface area contributed by atoms with E-state index in [-0.39, 0.29) is 11.6 Å². The van der Waals surface area contributed by atoms with Gasteiger partial charge in [0.2, 0.25) is 0 Å². The van der Waals surface area contributed by atoms with Gasteiger partial charge in [-0.15, -0.1) is 0 Å². The van der Waals surface area contributed by atoms with Gasteiger partial charge in [-0.05, 0) is 25.1 Å². The number of aromatic nitrogens is 5. The number of carbonyl (C=O) groups excluding carboxylic acids is 1. The molecule has 3 rings (SSSR count). The highest BCUT2D eigenvalue weighted by Gasteiger charge is 2.09. The zero-order chi connectivity index (χ0) is 12.5. The van der Waals surface area contributed by atoms with Gasteiger partial charge in [-0.3, -0.25) is 4.79 Å². The number of imidazole rings is 1. The first-order valence-corrected chi connectivity index (χ1v) is 5.36. The van der Waals surface area contributed by atoms with Gasteiger partial charge in [-0.1, -0.05) is 0 Å². The molecule has 0 aliphatic heterocycles. The second-order valence-corrected chi connectivity index (χ2v) is 3.86. The van der Waals surface area contributed by atoms with Gasteiger partial charge >= 0.3 is 0 Å². The number of rotatable bonds is 2. The summed E-state index contributed by atoms with van der Waals surface area (Å²) in [6, 6.07) is 5.46.